The fourth-order valence-corrected chi connectivity index (χ4v) is 6.52. The number of hydrogen-bond donors (Lipinski definition) is 1. The molecule has 1 atom stereocenters. The van der Waals surface area contributed by atoms with Crippen LogP contribution in [-0.4, -0.2) is 50.4 Å². The van der Waals surface area contributed by atoms with Crippen molar-refractivity contribution in [2.75, 3.05) is 17.5 Å². The molecule has 0 aliphatic heterocycles. The lowest BCUT2D eigenvalue weighted by molar-refractivity contribution is -0.139. The quantitative estimate of drug-likeness (QED) is 0.325. The first-order chi connectivity index (χ1) is 19.7. The number of sulfonamides is 1. The van der Waals surface area contributed by atoms with Crippen LogP contribution in [0.5, 0.6) is 5.75 Å². The number of aryl methyl sites for hydroxylation is 1. The Kier molecular flexibility index (Phi) is 10.0. The van der Waals surface area contributed by atoms with E-state index in [1.165, 1.54) is 17.0 Å². The van der Waals surface area contributed by atoms with Crippen molar-refractivity contribution in [1.29, 1.82) is 0 Å². The van der Waals surface area contributed by atoms with Gasteiger partial charge in [-0.05, 0) is 75.6 Å². The van der Waals surface area contributed by atoms with Gasteiger partial charge in [-0.2, -0.15) is 0 Å². The number of ether oxygens (including phenoxy) is 1. The van der Waals surface area contributed by atoms with E-state index in [0.29, 0.717) is 18.0 Å². The van der Waals surface area contributed by atoms with Crippen LogP contribution in [0.15, 0.2) is 83.8 Å². The topological polar surface area (TPSA) is 96.0 Å². The molecule has 2 amide bonds. The lowest BCUT2D eigenvalue weighted by Gasteiger charge is -2.32. The van der Waals surface area contributed by atoms with Crippen LogP contribution >= 0.6 is 0 Å². The minimum absolute atomic E-state index is 0.0369. The van der Waals surface area contributed by atoms with E-state index in [2.05, 4.69) is 5.32 Å². The van der Waals surface area contributed by atoms with Crippen LogP contribution in [-0.2, 0) is 26.2 Å². The van der Waals surface area contributed by atoms with Crippen LogP contribution in [0.2, 0.25) is 0 Å². The summed E-state index contributed by atoms with van der Waals surface area (Å²) in [5, 5.41) is 3.09. The van der Waals surface area contributed by atoms with Crippen molar-refractivity contribution < 1.29 is 22.7 Å². The molecule has 0 unspecified atom stereocenters. The van der Waals surface area contributed by atoms with Crippen LogP contribution in [0.1, 0.15) is 50.7 Å². The second-order valence-corrected chi connectivity index (χ2v) is 12.3. The number of para-hydroxylation sites is 1. The van der Waals surface area contributed by atoms with Gasteiger partial charge in [0.1, 0.15) is 18.3 Å². The van der Waals surface area contributed by atoms with Gasteiger partial charge in [-0.15, -0.1) is 0 Å². The normalized spacial score (nSPS) is 14.3. The fourth-order valence-electron chi connectivity index (χ4n) is 5.11. The molecule has 218 valence electrons. The van der Waals surface area contributed by atoms with Gasteiger partial charge >= 0.3 is 0 Å². The van der Waals surface area contributed by atoms with Crippen molar-refractivity contribution in [2.45, 2.75) is 70.0 Å². The summed E-state index contributed by atoms with van der Waals surface area (Å²) in [6, 6.07) is 21.7. The molecular weight excluding hydrogens is 538 g/mol. The first-order valence-electron chi connectivity index (χ1n) is 14.1. The van der Waals surface area contributed by atoms with Gasteiger partial charge in [-0.1, -0.05) is 60.9 Å². The molecule has 1 aliphatic rings. The Bertz CT molecular complexity index is 1420. The first-order valence-corrected chi connectivity index (χ1v) is 15.6. The Labute approximate surface area is 243 Å². The average Bonchev–Trinajstić information content (AvgIpc) is 3.48. The van der Waals surface area contributed by atoms with E-state index in [9.17, 15) is 18.0 Å². The van der Waals surface area contributed by atoms with Crippen LogP contribution in [0.25, 0.3) is 0 Å². The van der Waals surface area contributed by atoms with Crippen molar-refractivity contribution in [1.82, 2.24) is 10.2 Å². The monoisotopic (exact) mass is 577 g/mol. The zero-order chi connectivity index (χ0) is 29.4. The average molecular weight is 578 g/mol. The van der Waals surface area contributed by atoms with Crippen molar-refractivity contribution in [3.05, 3.63) is 90.0 Å². The van der Waals surface area contributed by atoms with E-state index in [1.807, 2.05) is 38.1 Å². The standard InChI is InChI=1S/C32H39N3O5S/c1-4-40-29-17-19-30(20-18-29)41(38,39)35(28-15-6-5-7-16-28)23-31(36)34(22-26-12-10-11-24(2)21-26)25(3)32(37)33-27-13-8-9-14-27/h5-7,10-12,15-21,25,27H,4,8-9,13-14,22-23H2,1-3H3,(H,33,37)/t25-/m0/s1. The summed E-state index contributed by atoms with van der Waals surface area (Å²) in [4.78, 5) is 28.9. The third-order valence-electron chi connectivity index (χ3n) is 7.35. The molecule has 0 radical (unpaired) electrons. The van der Waals surface area contributed by atoms with E-state index in [-0.39, 0.29) is 23.4 Å². The number of anilines is 1. The number of carbonyl (C=O) groups excluding carboxylic acids is 2. The number of nitrogens with one attached hydrogen (secondary N) is 1. The summed E-state index contributed by atoms with van der Waals surface area (Å²) in [7, 11) is -4.13. The van der Waals surface area contributed by atoms with Crippen LogP contribution < -0.4 is 14.4 Å². The Morgan fingerprint density at radius 1 is 0.976 bits per heavy atom. The molecule has 0 heterocycles. The molecule has 0 saturated heterocycles. The van der Waals surface area contributed by atoms with Crippen molar-refractivity contribution in [3.8, 4) is 5.75 Å². The molecule has 0 aromatic heterocycles. The van der Waals surface area contributed by atoms with E-state index in [1.54, 1.807) is 49.4 Å². The van der Waals surface area contributed by atoms with Gasteiger partial charge < -0.3 is 15.0 Å². The first kappa shape index (κ1) is 30.1. The summed E-state index contributed by atoms with van der Waals surface area (Å²) < 4.78 is 34.4. The maximum absolute atomic E-state index is 14.0. The summed E-state index contributed by atoms with van der Waals surface area (Å²) in [5.41, 5.74) is 2.25. The lowest BCUT2D eigenvalue weighted by Crippen LogP contribution is -2.52. The summed E-state index contributed by atoms with van der Waals surface area (Å²) in [6.45, 7) is 5.68. The number of benzene rings is 3. The predicted octanol–water partition coefficient (Wildman–Crippen LogP) is 5.07. The Balaban J connectivity index is 1.66. The van der Waals surface area contributed by atoms with Gasteiger partial charge in [-0.3, -0.25) is 13.9 Å². The van der Waals surface area contributed by atoms with Crippen LogP contribution in [0.4, 0.5) is 5.69 Å². The van der Waals surface area contributed by atoms with Gasteiger partial charge in [0.25, 0.3) is 10.0 Å². The third-order valence-corrected chi connectivity index (χ3v) is 9.14. The van der Waals surface area contributed by atoms with Crippen LogP contribution in [0.3, 0.4) is 0 Å². The Morgan fingerprint density at radius 3 is 2.29 bits per heavy atom. The molecular formula is C32H39N3O5S. The molecule has 8 nitrogen and oxygen atoms in total. The highest BCUT2D eigenvalue weighted by Gasteiger charge is 2.33. The largest absolute Gasteiger partial charge is 0.494 e. The molecule has 0 bridgehead atoms. The smallest absolute Gasteiger partial charge is 0.264 e. The van der Waals surface area contributed by atoms with Crippen molar-refractivity contribution in [2.24, 2.45) is 0 Å². The highest BCUT2D eigenvalue weighted by Crippen LogP contribution is 2.26. The molecule has 3 aromatic carbocycles. The Hall–Kier alpha value is -3.85. The van der Waals surface area contributed by atoms with Gasteiger partial charge in [-0.25, -0.2) is 8.42 Å². The lowest BCUT2D eigenvalue weighted by atomic mass is 10.1. The molecule has 1 aliphatic carbocycles. The second-order valence-electron chi connectivity index (χ2n) is 10.4. The number of amides is 2. The SMILES string of the molecule is CCOc1ccc(S(=O)(=O)N(CC(=O)N(Cc2cccc(C)c2)[C@@H](C)C(=O)NC2CCCC2)c2ccccc2)cc1. The highest BCUT2D eigenvalue weighted by atomic mass is 32.2. The number of carbonyl (C=O) groups is 2. The van der Waals surface area contributed by atoms with Gasteiger partial charge in [0.05, 0.1) is 17.2 Å². The number of nitrogens with zero attached hydrogens (tertiary/aromatic N) is 2. The molecule has 1 fully saturated rings. The molecule has 3 aromatic rings. The van der Waals surface area contributed by atoms with Gasteiger partial charge in [0.2, 0.25) is 11.8 Å². The molecule has 1 N–H and O–H groups in total. The number of rotatable bonds is 12. The van der Waals surface area contributed by atoms with Crippen molar-refractivity contribution >= 4 is 27.5 Å². The van der Waals surface area contributed by atoms with E-state index in [0.717, 1.165) is 41.1 Å². The second kappa shape index (κ2) is 13.7. The third kappa shape index (κ3) is 7.67. The molecule has 1 saturated carbocycles. The van der Waals surface area contributed by atoms with Gasteiger partial charge in [0.15, 0.2) is 0 Å². The molecule has 41 heavy (non-hydrogen) atoms. The maximum atomic E-state index is 14.0. The van der Waals surface area contributed by atoms with E-state index < -0.39 is 28.5 Å². The van der Waals surface area contributed by atoms with Crippen molar-refractivity contribution in [3.63, 3.8) is 0 Å². The zero-order valence-corrected chi connectivity index (χ0v) is 24.8. The van der Waals surface area contributed by atoms with Gasteiger partial charge in [0, 0.05) is 12.6 Å². The van der Waals surface area contributed by atoms with Crippen LogP contribution in [0, 0.1) is 6.92 Å². The fraction of sp³-hybridized carbons (Fsp3) is 0.375. The summed E-state index contributed by atoms with van der Waals surface area (Å²) in [6.07, 6.45) is 3.99. The highest BCUT2D eigenvalue weighted by molar-refractivity contribution is 7.92. The number of hydrogen-bond acceptors (Lipinski definition) is 5. The minimum atomic E-state index is -4.13. The summed E-state index contributed by atoms with van der Waals surface area (Å²) >= 11 is 0. The van der Waals surface area contributed by atoms with E-state index >= 15 is 0 Å². The zero-order valence-electron chi connectivity index (χ0n) is 24.0. The summed E-state index contributed by atoms with van der Waals surface area (Å²) in [5.74, 6) is -0.155. The predicted molar refractivity (Wildman–Crippen MR) is 160 cm³/mol. The maximum Gasteiger partial charge on any atom is 0.264 e. The Morgan fingerprint density at radius 2 is 1.66 bits per heavy atom. The molecule has 4 rings (SSSR count). The van der Waals surface area contributed by atoms with E-state index in [4.69, 9.17) is 4.74 Å². The molecule has 0 spiro atoms. The molecule has 9 heteroatoms. The minimum Gasteiger partial charge on any atom is -0.494 e.